The van der Waals surface area contributed by atoms with E-state index in [1.165, 1.54) is 77.0 Å². The fourth-order valence-electron chi connectivity index (χ4n) is 5.69. The molecule has 3 saturated carbocycles. The highest BCUT2D eigenvalue weighted by molar-refractivity contribution is 4.94. The van der Waals surface area contributed by atoms with Gasteiger partial charge in [0.2, 0.25) is 0 Å². The molecular formula is C20H37N. The second-order valence-electron chi connectivity index (χ2n) is 9.51. The zero-order chi connectivity index (χ0) is 14.9. The fourth-order valence-corrected chi connectivity index (χ4v) is 5.69. The van der Waals surface area contributed by atoms with Crippen molar-refractivity contribution in [3.63, 3.8) is 0 Å². The monoisotopic (exact) mass is 291 g/mol. The van der Waals surface area contributed by atoms with Gasteiger partial charge in [0.05, 0.1) is 0 Å². The predicted molar refractivity (Wildman–Crippen MR) is 91.5 cm³/mol. The molecule has 1 spiro atoms. The molecule has 3 fully saturated rings. The lowest BCUT2D eigenvalue weighted by atomic mass is 9.68. The molecule has 3 aliphatic rings. The Morgan fingerprint density at radius 1 is 0.762 bits per heavy atom. The molecule has 3 aliphatic carbocycles. The van der Waals surface area contributed by atoms with Crippen LogP contribution in [0.2, 0.25) is 0 Å². The molecule has 1 nitrogen and oxygen atoms in total. The van der Waals surface area contributed by atoms with Crippen molar-refractivity contribution >= 4 is 0 Å². The van der Waals surface area contributed by atoms with Crippen LogP contribution in [0.3, 0.4) is 0 Å². The van der Waals surface area contributed by atoms with E-state index in [9.17, 15) is 0 Å². The minimum atomic E-state index is 0.472. The summed E-state index contributed by atoms with van der Waals surface area (Å²) in [4.78, 5) is 0. The quantitative estimate of drug-likeness (QED) is 0.689. The van der Waals surface area contributed by atoms with E-state index >= 15 is 0 Å². The SMILES string of the molecule is CC(C)(C)C1CCCCC1NC1CCC2(CCCC2)CC1. The minimum Gasteiger partial charge on any atom is -0.311 e. The van der Waals surface area contributed by atoms with Gasteiger partial charge < -0.3 is 5.32 Å². The first-order valence-electron chi connectivity index (χ1n) is 9.75. The Morgan fingerprint density at radius 2 is 1.38 bits per heavy atom. The molecule has 122 valence electrons. The number of nitrogens with one attached hydrogen (secondary N) is 1. The highest BCUT2D eigenvalue weighted by Crippen LogP contribution is 2.49. The molecule has 0 heterocycles. The molecule has 0 aromatic rings. The van der Waals surface area contributed by atoms with Crippen LogP contribution >= 0.6 is 0 Å². The summed E-state index contributed by atoms with van der Waals surface area (Å²) in [5.41, 5.74) is 1.26. The molecule has 2 unspecified atom stereocenters. The van der Waals surface area contributed by atoms with Crippen LogP contribution < -0.4 is 5.32 Å². The third kappa shape index (κ3) is 3.66. The summed E-state index contributed by atoms with van der Waals surface area (Å²) < 4.78 is 0. The van der Waals surface area contributed by atoms with Crippen LogP contribution in [0, 0.1) is 16.7 Å². The van der Waals surface area contributed by atoms with Crippen molar-refractivity contribution in [3.8, 4) is 0 Å². The van der Waals surface area contributed by atoms with Crippen LogP contribution in [0.1, 0.15) is 97.8 Å². The first-order chi connectivity index (χ1) is 9.99. The minimum absolute atomic E-state index is 0.472. The molecule has 21 heavy (non-hydrogen) atoms. The molecule has 0 amide bonds. The van der Waals surface area contributed by atoms with E-state index in [2.05, 4.69) is 26.1 Å². The first-order valence-corrected chi connectivity index (χ1v) is 9.75. The number of hydrogen-bond acceptors (Lipinski definition) is 1. The molecular weight excluding hydrogens is 254 g/mol. The van der Waals surface area contributed by atoms with Gasteiger partial charge in [0.1, 0.15) is 0 Å². The largest absolute Gasteiger partial charge is 0.311 e. The second-order valence-corrected chi connectivity index (χ2v) is 9.51. The van der Waals surface area contributed by atoms with Gasteiger partial charge in [-0.05, 0) is 68.1 Å². The second kappa shape index (κ2) is 6.22. The maximum atomic E-state index is 4.12. The smallest absolute Gasteiger partial charge is 0.0103 e. The van der Waals surface area contributed by atoms with E-state index in [0.29, 0.717) is 5.41 Å². The molecule has 3 rings (SSSR count). The molecule has 1 heteroatoms. The average molecular weight is 292 g/mol. The Hall–Kier alpha value is -0.0400. The highest BCUT2D eigenvalue weighted by atomic mass is 15.0. The van der Waals surface area contributed by atoms with Crippen LogP contribution in [0.25, 0.3) is 0 Å². The van der Waals surface area contributed by atoms with Gasteiger partial charge in [0.15, 0.2) is 0 Å². The van der Waals surface area contributed by atoms with Crippen LogP contribution in [0.5, 0.6) is 0 Å². The standard InChI is InChI=1S/C20H37N/c1-19(2,3)17-8-4-5-9-18(17)21-16-10-14-20(15-11-16)12-6-7-13-20/h16-18,21H,4-15H2,1-3H3. The van der Waals surface area contributed by atoms with Crippen molar-refractivity contribution in [2.45, 2.75) is 110 Å². The first kappa shape index (κ1) is 15.8. The van der Waals surface area contributed by atoms with Crippen LogP contribution in [-0.2, 0) is 0 Å². The van der Waals surface area contributed by atoms with Gasteiger partial charge in [-0.25, -0.2) is 0 Å². The van der Waals surface area contributed by atoms with Gasteiger partial charge in [-0.1, -0.05) is 46.5 Å². The van der Waals surface area contributed by atoms with Crippen LogP contribution in [0.4, 0.5) is 0 Å². The summed E-state index contributed by atoms with van der Waals surface area (Å²) in [6.07, 6.45) is 17.8. The van der Waals surface area contributed by atoms with Crippen molar-refractivity contribution in [1.82, 2.24) is 5.32 Å². The van der Waals surface area contributed by atoms with Gasteiger partial charge in [0, 0.05) is 12.1 Å². The van der Waals surface area contributed by atoms with Gasteiger partial charge in [-0.15, -0.1) is 0 Å². The van der Waals surface area contributed by atoms with E-state index in [-0.39, 0.29) is 0 Å². The molecule has 0 bridgehead atoms. The number of hydrogen-bond donors (Lipinski definition) is 1. The van der Waals surface area contributed by atoms with Gasteiger partial charge >= 0.3 is 0 Å². The summed E-state index contributed by atoms with van der Waals surface area (Å²) in [6.45, 7) is 7.35. The maximum Gasteiger partial charge on any atom is 0.0103 e. The van der Waals surface area contributed by atoms with Crippen molar-refractivity contribution in [1.29, 1.82) is 0 Å². The Morgan fingerprint density at radius 3 is 2.00 bits per heavy atom. The maximum absolute atomic E-state index is 4.12. The summed E-state index contributed by atoms with van der Waals surface area (Å²) in [6, 6.07) is 1.62. The van der Waals surface area contributed by atoms with Gasteiger partial charge in [-0.3, -0.25) is 0 Å². The molecule has 0 saturated heterocycles. The van der Waals surface area contributed by atoms with Crippen LogP contribution in [0.15, 0.2) is 0 Å². The highest BCUT2D eigenvalue weighted by Gasteiger charge is 2.39. The molecule has 0 radical (unpaired) electrons. The van der Waals surface area contributed by atoms with E-state index in [1.54, 1.807) is 0 Å². The van der Waals surface area contributed by atoms with Gasteiger partial charge in [0.25, 0.3) is 0 Å². The predicted octanol–water partition coefficient (Wildman–Crippen LogP) is 5.68. The molecule has 2 atom stereocenters. The lowest BCUT2D eigenvalue weighted by Crippen LogP contribution is -2.49. The Labute approximate surface area is 132 Å². The zero-order valence-electron chi connectivity index (χ0n) is 14.7. The van der Waals surface area contributed by atoms with E-state index in [1.807, 2.05) is 0 Å². The van der Waals surface area contributed by atoms with Gasteiger partial charge in [-0.2, -0.15) is 0 Å². The molecule has 0 aromatic heterocycles. The normalized spacial score (nSPS) is 34.4. The third-order valence-electron chi connectivity index (χ3n) is 7.04. The van der Waals surface area contributed by atoms with Crippen LogP contribution in [-0.4, -0.2) is 12.1 Å². The summed E-state index contributed by atoms with van der Waals surface area (Å²) >= 11 is 0. The Bertz CT molecular complexity index is 324. The Kier molecular flexibility index (Phi) is 4.69. The lowest BCUT2D eigenvalue weighted by molar-refractivity contribution is 0.101. The topological polar surface area (TPSA) is 12.0 Å². The fraction of sp³-hybridized carbons (Fsp3) is 1.00. The average Bonchev–Trinajstić information content (AvgIpc) is 2.90. The van der Waals surface area contributed by atoms with E-state index < -0.39 is 0 Å². The van der Waals surface area contributed by atoms with E-state index in [4.69, 9.17) is 0 Å². The molecule has 0 aliphatic heterocycles. The van der Waals surface area contributed by atoms with Crippen molar-refractivity contribution in [2.75, 3.05) is 0 Å². The third-order valence-corrected chi connectivity index (χ3v) is 7.04. The summed E-state index contributed by atoms with van der Waals surface area (Å²) in [7, 11) is 0. The Balaban J connectivity index is 1.54. The lowest BCUT2D eigenvalue weighted by Gasteiger charge is -2.45. The number of rotatable bonds is 2. The summed E-state index contributed by atoms with van der Waals surface area (Å²) in [5, 5.41) is 4.12. The molecule has 0 aromatic carbocycles. The van der Waals surface area contributed by atoms with Crippen molar-refractivity contribution in [3.05, 3.63) is 0 Å². The summed E-state index contributed by atoms with van der Waals surface area (Å²) in [5.74, 6) is 0.883. The van der Waals surface area contributed by atoms with E-state index in [0.717, 1.165) is 23.4 Å². The van der Waals surface area contributed by atoms with Crippen molar-refractivity contribution < 1.29 is 0 Å². The zero-order valence-corrected chi connectivity index (χ0v) is 14.7. The van der Waals surface area contributed by atoms with Crippen molar-refractivity contribution in [2.24, 2.45) is 16.7 Å². The molecule has 1 N–H and O–H groups in total.